The Labute approximate surface area is 111 Å². The lowest BCUT2D eigenvalue weighted by molar-refractivity contribution is -0.414. The molecule has 1 N–H and O–H groups in total. The first kappa shape index (κ1) is 15.9. The molecule has 0 aromatic carbocycles. The third-order valence-corrected chi connectivity index (χ3v) is 3.87. The molecular formula is C11H15F5O4. The highest BCUT2D eigenvalue weighted by molar-refractivity contribution is 5.16. The van der Waals surface area contributed by atoms with E-state index in [9.17, 15) is 27.1 Å². The summed E-state index contributed by atoms with van der Waals surface area (Å²) in [5.74, 6) is -9.16. The average molecular weight is 306 g/mol. The first-order valence-electron chi connectivity index (χ1n) is 6.10. The highest BCUT2D eigenvalue weighted by atomic mass is 19.4. The van der Waals surface area contributed by atoms with Gasteiger partial charge in [0.2, 0.25) is 0 Å². The first-order valence-corrected chi connectivity index (χ1v) is 6.10. The van der Waals surface area contributed by atoms with Gasteiger partial charge in [0.05, 0.1) is 6.10 Å². The Hall–Kier alpha value is -0.510. The molecule has 2 rings (SSSR count). The van der Waals surface area contributed by atoms with E-state index in [1.54, 1.807) is 0 Å². The summed E-state index contributed by atoms with van der Waals surface area (Å²) >= 11 is 0. The van der Waals surface area contributed by atoms with Gasteiger partial charge in [-0.3, -0.25) is 0 Å². The fourth-order valence-electron chi connectivity index (χ4n) is 2.86. The summed E-state index contributed by atoms with van der Waals surface area (Å²) in [5, 5.41) is 9.43. The molecule has 0 bridgehead atoms. The molecule has 1 heterocycles. The summed E-state index contributed by atoms with van der Waals surface area (Å²) in [7, 11) is 1.17. The number of rotatable bonds is 3. The van der Waals surface area contributed by atoms with Crippen LogP contribution in [0.2, 0.25) is 0 Å². The highest BCUT2D eigenvalue weighted by Crippen LogP contribution is 2.60. The fourth-order valence-corrected chi connectivity index (χ4v) is 2.86. The molecule has 20 heavy (non-hydrogen) atoms. The molecular weight excluding hydrogens is 291 g/mol. The number of hydrogen-bond acceptors (Lipinski definition) is 4. The Morgan fingerprint density at radius 3 is 2.50 bits per heavy atom. The summed E-state index contributed by atoms with van der Waals surface area (Å²) < 4.78 is 80.9. The number of alkyl halides is 5. The van der Waals surface area contributed by atoms with Gasteiger partial charge in [0.1, 0.15) is 6.79 Å². The summed E-state index contributed by atoms with van der Waals surface area (Å²) in [6.07, 6.45) is -6.87. The predicted molar refractivity (Wildman–Crippen MR) is 55.0 cm³/mol. The second kappa shape index (κ2) is 4.75. The molecule has 1 aliphatic heterocycles. The van der Waals surface area contributed by atoms with Gasteiger partial charge in [-0.25, -0.2) is 0 Å². The van der Waals surface area contributed by atoms with E-state index in [0.717, 1.165) is 0 Å². The van der Waals surface area contributed by atoms with Crippen LogP contribution in [-0.2, 0) is 14.2 Å². The fraction of sp³-hybridized carbons (Fsp3) is 1.00. The molecule has 2 aliphatic rings. The lowest BCUT2D eigenvalue weighted by atomic mass is 9.77. The quantitative estimate of drug-likeness (QED) is 0.641. The maximum atomic E-state index is 14.3. The van der Waals surface area contributed by atoms with E-state index in [1.807, 2.05) is 0 Å². The molecule has 2 fully saturated rings. The van der Waals surface area contributed by atoms with Crippen molar-refractivity contribution in [2.75, 3.05) is 13.9 Å². The van der Waals surface area contributed by atoms with Crippen molar-refractivity contribution in [1.82, 2.24) is 0 Å². The number of halogens is 5. The molecule has 0 amide bonds. The van der Waals surface area contributed by atoms with Gasteiger partial charge < -0.3 is 19.3 Å². The molecule has 0 aromatic heterocycles. The number of methoxy groups -OCH3 is 1. The Morgan fingerprint density at radius 1 is 1.30 bits per heavy atom. The lowest BCUT2D eigenvalue weighted by Crippen LogP contribution is -2.65. The summed E-state index contributed by atoms with van der Waals surface area (Å²) in [6.45, 7) is -0.608. The summed E-state index contributed by atoms with van der Waals surface area (Å²) in [6, 6.07) is 0. The second-order valence-corrected chi connectivity index (χ2v) is 5.01. The maximum Gasteiger partial charge on any atom is 0.449 e. The summed E-state index contributed by atoms with van der Waals surface area (Å²) in [4.78, 5) is 0. The van der Waals surface area contributed by atoms with Crippen LogP contribution in [0, 0.1) is 0 Å². The topological polar surface area (TPSA) is 47.9 Å². The van der Waals surface area contributed by atoms with Gasteiger partial charge in [0, 0.05) is 7.11 Å². The minimum atomic E-state index is -5.63. The predicted octanol–water partition coefficient (Wildman–Crippen LogP) is 2.20. The van der Waals surface area contributed by atoms with Gasteiger partial charge in [0.25, 0.3) is 0 Å². The Balaban J connectivity index is 2.45. The molecule has 3 unspecified atom stereocenters. The standard InChI is InChI=1S/C11H15F5O4/c1-18-6-19-8-5-3-2-4-7(8)20-10(17,9(8,12)13)11(14,15)16/h7,17H,2-6H2,1H3. The number of hydrogen-bond donors (Lipinski definition) is 1. The van der Waals surface area contributed by atoms with E-state index in [4.69, 9.17) is 4.74 Å². The summed E-state index contributed by atoms with van der Waals surface area (Å²) in [5.41, 5.74) is -2.52. The maximum absolute atomic E-state index is 14.3. The van der Waals surface area contributed by atoms with Gasteiger partial charge in [-0.2, -0.15) is 22.0 Å². The molecule has 3 atom stereocenters. The monoisotopic (exact) mass is 306 g/mol. The van der Waals surface area contributed by atoms with Crippen LogP contribution in [-0.4, -0.2) is 48.6 Å². The van der Waals surface area contributed by atoms with Crippen LogP contribution in [0.4, 0.5) is 22.0 Å². The van der Waals surface area contributed by atoms with Crippen LogP contribution in [0.1, 0.15) is 25.7 Å². The van der Waals surface area contributed by atoms with E-state index >= 15 is 0 Å². The zero-order valence-electron chi connectivity index (χ0n) is 10.7. The SMILES string of the molecule is COCOC12CCCCC1OC(O)(C(F)(F)F)C2(F)F. The molecule has 118 valence electrons. The molecule has 0 radical (unpaired) electrons. The van der Waals surface area contributed by atoms with Crippen molar-refractivity contribution in [3.8, 4) is 0 Å². The van der Waals surface area contributed by atoms with Crippen molar-refractivity contribution in [1.29, 1.82) is 0 Å². The van der Waals surface area contributed by atoms with Crippen molar-refractivity contribution < 1.29 is 41.3 Å². The van der Waals surface area contributed by atoms with Crippen LogP contribution in [0.25, 0.3) is 0 Å². The Morgan fingerprint density at radius 2 is 1.95 bits per heavy atom. The molecule has 1 saturated carbocycles. The van der Waals surface area contributed by atoms with Crippen LogP contribution in [0.5, 0.6) is 0 Å². The third-order valence-electron chi connectivity index (χ3n) is 3.87. The van der Waals surface area contributed by atoms with Gasteiger partial charge >= 0.3 is 17.9 Å². The lowest BCUT2D eigenvalue weighted by Gasteiger charge is -2.41. The molecule has 1 saturated heterocycles. The van der Waals surface area contributed by atoms with Crippen molar-refractivity contribution in [3.05, 3.63) is 0 Å². The zero-order valence-corrected chi connectivity index (χ0v) is 10.7. The van der Waals surface area contributed by atoms with Gasteiger partial charge in [0.15, 0.2) is 5.60 Å². The third kappa shape index (κ3) is 1.87. The van der Waals surface area contributed by atoms with Gasteiger partial charge in [-0.05, 0) is 12.8 Å². The van der Waals surface area contributed by atoms with E-state index < -0.39 is 36.4 Å². The zero-order chi connectivity index (χ0) is 15.2. The van der Waals surface area contributed by atoms with E-state index in [1.165, 1.54) is 7.11 Å². The minimum Gasteiger partial charge on any atom is -0.359 e. The van der Waals surface area contributed by atoms with Crippen LogP contribution in [0.15, 0.2) is 0 Å². The molecule has 4 nitrogen and oxygen atoms in total. The van der Waals surface area contributed by atoms with Crippen LogP contribution >= 0.6 is 0 Å². The minimum absolute atomic E-state index is 0.0440. The Bertz CT molecular complexity index is 374. The molecule has 0 aromatic rings. The van der Waals surface area contributed by atoms with E-state index in [-0.39, 0.29) is 19.3 Å². The first-order chi connectivity index (χ1) is 9.12. The smallest absolute Gasteiger partial charge is 0.359 e. The number of fused-ring (bicyclic) bond motifs is 1. The van der Waals surface area contributed by atoms with E-state index in [0.29, 0.717) is 6.42 Å². The van der Waals surface area contributed by atoms with Crippen molar-refractivity contribution in [2.24, 2.45) is 0 Å². The van der Waals surface area contributed by atoms with E-state index in [2.05, 4.69) is 9.47 Å². The number of aliphatic hydroxyl groups is 1. The van der Waals surface area contributed by atoms with Crippen molar-refractivity contribution >= 4 is 0 Å². The number of ether oxygens (including phenoxy) is 3. The van der Waals surface area contributed by atoms with Gasteiger partial charge in [-0.1, -0.05) is 12.8 Å². The Kier molecular flexibility index (Phi) is 3.77. The molecule has 9 heteroatoms. The second-order valence-electron chi connectivity index (χ2n) is 5.01. The van der Waals surface area contributed by atoms with Crippen molar-refractivity contribution in [2.45, 2.75) is 55.3 Å². The van der Waals surface area contributed by atoms with Gasteiger partial charge in [-0.15, -0.1) is 0 Å². The molecule has 1 aliphatic carbocycles. The van der Waals surface area contributed by atoms with Crippen molar-refractivity contribution in [3.63, 3.8) is 0 Å². The molecule has 0 spiro atoms. The largest absolute Gasteiger partial charge is 0.449 e. The van der Waals surface area contributed by atoms with Crippen LogP contribution < -0.4 is 0 Å². The normalized spacial score (nSPS) is 40.6. The highest BCUT2D eigenvalue weighted by Gasteiger charge is 2.85. The van der Waals surface area contributed by atoms with Crippen LogP contribution in [0.3, 0.4) is 0 Å². The average Bonchev–Trinajstić information content (AvgIpc) is 2.53.